The summed E-state index contributed by atoms with van der Waals surface area (Å²) in [5.74, 6) is -0.839. The molecule has 0 aliphatic carbocycles. The standard InChI is InChI=1S/C18H16N2O4S/c1-25-16-9-5-3-7-14(16)20-17(21)11-24-18(22)12-23-15-8-4-2-6-13(15)10-19/h2-9H,11-12H2,1H3,(H,20,21). The van der Waals surface area contributed by atoms with Crippen LogP contribution in [0.5, 0.6) is 5.75 Å². The molecule has 2 aromatic rings. The monoisotopic (exact) mass is 356 g/mol. The van der Waals surface area contributed by atoms with Crippen molar-refractivity contribution in [3.05, 3.63) is 54.1 Å². The molecule has 128 valence electrons. The number of rotatable bonds is 7. The first-order chi connectivity index (χ1) is 12.1. The maximum Gasteiger partial charge on any atom is 0.344 e. The molecule has 0 aliphatic heterocycles. The molecule has 0 unspecified atom stereocenters. The predicted molar refractivity (Wildman–Crippen MR) is 94.5 cm³/mol. The minimum atomic E-state index is -0.693. The van der Waals surface area contributed by atoms with Crippen LogP contribution in [0.25, 0.3) is 0 Å². The number of hydrogen-bond acceptors (Lipinski definition) is 6. The van der Waals surface area contributed by atoms with Crippen LogP contribution in [0.4, 0.5) is 5.69 Å². The van der Waals surface area contributed by atoms with E-state index in [9.17, 15) is 9.59 Å². The molecule has 0 saturated heterocycles. The molecule has 25 heavy (non-hydrogen) atoms. The predicted octanol–water partition coefficient (Wildman–Crippen LogP) is 2.84. The first-order valence-electron chi connectivity index (χ1n) is 7.34. The van der Waals surface area contributed by atoms with Gasteiger partial charge in [-0.1, -0.05) is 24.3 Å². The number of nitrogens with one attached hydrogen (secondary N) is 1. The van der Waals surface area contributed by atoms with Gasteiger partial charge in [0.25, 0.3) is 5.91 Å². The highest BCUT2D eigenvalue weighted by Gasteiger charge is 2.11. The molecule has 0 spiro atoms. The summed E-state index contributed by atoms with van der Waals surface area (Å²) in [6.07, 6.45) is 1.90. The molecule has 0 fully saturated rings. The highest BCUT2D eigenvalue weighted by Crippen LogP contribution is 2.24. The van der Waals surface area contributed by atoms with Crippen LogP contribution in [0.2, 0.25) is 0 Å². The third kappa shape index (κ3) is 5.55. The third-order valence-corrected chi connectivity index (χ3v) is 3.89. The Morgan fingerprint density at radius 2 is 1.84 bits per heavy atom. The number of carbonyl (C=O) groups is 2. The summed E-state index contributed by atoms with van der Waals surface area (Å²) in [4.78, 5) is 24.5. The van der Waals surface area contributed by atoms with Crippen LogP contribution in [-0.4, -0.2) is 31.3 Å². The lowest BCUT2D eigenvalue weighted by Gasteiger charge is -2.10. The van der Waals surface area contributed by atoms with E-state index in [-0.39, 0.29) is 6.61 Å². The number of nitrogens with zero attached hydrogens (tertiary/aromatic N) is 1. The maximum atomic E-state index is 11.9. The normalized spacial score (nSPS) is 9.76. The average molecular weight is 356 g/mol. The Morgan fingerprint density at radius 3 is 2.60 bits per heavy atom. The lowest BCUT2D eigenvalue weighted by Crippen LogP contribution is -2.24. The van der Waals surface area contributed by atoms with Crippen molar-refractivity contribution in [2.75, 3.05) is 24.8 Å². The molecule has 0 heterocycles. The first-order valence-corrected chi connectivity index (χ1v) is 8.57. The molecule has 1 amide bonds. The number of para-hydroxylation sites is 2. The summed E-state index contributed by atoms with van der Waals surface area (Å²) in [6, 6.07) is 15.8. The highest BCUT2D eigenvalue weighted by atomic mass is 32.2. The van der Waals surface area contributed by atoms with Gasteiger partial charge in [-0.25, -0.2) is 4.79 Å². The van der Waals surface area contributed by atoms with Crippen LogP contribution in [0.3, 0.4) is 0 Å². The average Bonchev–Trinajstić information content (AvgIpc) is 2.65. The van der Waals surface area contributed by atoms with Gasteiger partial charge in [-0.05, 0) is 30.5 Å². The summed E-state index contributed by atoms with van der Waals surface area (Å²) in [5.41, 5.74) is 0.983. The van der Waals surface area contributed by atoms with E-state index >= 15 is 0 Å². The lowest BCUT2D eigenvalue weighted by molar-refractivity contribution is -0.149. The zero-order chi connectivity index (χ0) is 18.1. The van der Waals surface area contributed by atoms with E-state index in [2.05, 4.69) is 5.32 Å². The van der Waals surface area contributed by atoms with Crippen molar-refractivity contribution in [2.24, 2.45) is 0 Å². The molecule has 1 N–H and O–H groups in total. The number of benzene rings is 2. The lowest BCUT2D eigenvalue weighted by atomic mass is 10.2. The first kappa shape index (κ1) is 18.4. The second kappa shape index (κ2) is 9.35. The number of carbonyl (C=O) groups excluding carboxylic acids is 2. The highest BCUT2D eigenvalue weighted by molar-refractivity contribution is 7.98. The van der Waals surface area contributed by atoms with Crippen molar-refractivity contribution in [2.45, 2.75) is 4.90 Å². The second-order valence-electron chi connectivity index (χ2n) is 4.81. The summed E-state index contributed by atoms with van der Waals surface area (Å²) < 4.78 is 10.1. The fourth-order valence-electron chi connectivity index (χ4n) is 1.94. The number of thioether (sulfide) groups is 1. The number of esters is 1. The van der Waals surface area contributed by atoms with Crippen LogP contribution in [0, 0.1) is 11.3 Å². The topological polar surface area (TPSA) is 88.4 Å². The molecule has 6 nitrogen and oxygen atoms in total. The van der Waals surface area contributed by atoms with Gasteiger partial charge in [-0.15, -0.1) is 11.8 Å². The minimum Gasteiger partial charge on any atom is -0.481 e. The van der Waals surface area contributed by atoms with Gasteiger partial charge in [0.15, 0.2) is 13.2 Å². The third-order valence-electron chi connectivity index (χ3n) is 3.10. The Labute approximate surface area is 149 Å². The van der Waals surface area contributed by atoms with E-state index in [0.29, 0.717) is 17.0 Å². The molecular weight excluding hydrogens is 340 g/mol. The number of ether oxygens (including phenoxy) is 2. The van der Waals surface area contributed by atoms with E-state index in [0.717, 1.165) is 4.90 Å². The zero-order valence-electron chi connectivity index (χ0n) is 13.5. The van der Waals surface area contributed by atoms with Gasteiger partial charge in [-0.2, -0.15) is 5.26 Å². The molecule has 7 heteroatoms. The Bertz CT molecular complexity index is 802. The summed E-state index contributed by atoms with van der Waals surface area (Å²) >= 11 is 1.50. The number of hydrogen-bond donors (Lipinski definition) is 1. The fraction of sp³-hybridized carbons (Fsp3) is 0.167. The molecule has 0 radical (unpaired) electrons. The van der Waals surface area contributed by atoms with Crippen molar-refractivity contribution in [3.8, 4) is 11.8 Å². The van der Waals surface area contributed by atoms with Gasteiger partial charge in [0, 0.05) is 4.90 Å². The van der Waals surface area contributed by atoms with Gasteiger partial charge in [0.05, 0.1) is 11.3 Å². The Morgan fingerprint density at radius 1 is 1.12 bits per heavy atom. The summed E-state index contributed by atoms with van der Waals surface area (Å²) in [6.45, 7) is -0.793. The number of anilines is 1. The van der Waals surface area contributed by atoms with E-state index in [1.807, 2.05) is 30.5 Å². The molecule has 0 aliphatic rings. The van der Waals surface area contributed by atoms with Gasteiger partial charge < -0.3 is 14.8 Å². The fourth-order valence-corrected chi connectivity index (χ4v) is 2.50. The van der Waals surface area contributed by atoms with E-state index in [4.69, 9.17) is 14.7 Å². The van der Waals surface area contributed by atoms with Gasteiger partial charge in [0.2, 0.25) is 0 Å². The van der Waals surface area contributed by atoms with Crippen LogP contribution in [0.15, 0.2) is 53.4 Å². The van der Waals surface area contributed by atoms with Crippen LogP contribution in [-0.2, 0) is 14.3 Å². The summed E-state index contributed by atoms with van der Waals surface area (Å²) in [7, 11) is 0. The van der Waals surface area contributed by atoms with E-state index in [1.165, 1.54) is 11.8 Å². The van der Waals surface area contributed by atoms with Gasteiger partial charge >= 0.3 is 5.97 Å². The molecule has 0 atom stereocenters. The molecule has 0 saturated carbocycles. The van der Waals surface area contributed by atoms with Crippen molar-refractivity contribution >= 4 is 29.3 Å². The van der Waals surface area contributed by atoms with Crippen molar-refractivity contribution in [1.29, 1.82) is 5.26 Å². The number of nitriles is 1. The summed E-state index contributed by atoms with van der Waals surface area (Å²) in [5, 5.41) is 11.6. The second-order valence-corrected chi connectivity index (χ2v) is 5.65. The Balaban J connectivity index is 1.80. The zero-order valence-corrected chi connectivity index (χ0v) is 14.3. The maximum absolute atomic E-state index is 11.9. The number of amides is 1. The largest absolute Gasteiger partial charge is 0.481 e. The molecule has 0 bridgehead atoms. The van der Waals surface area contributed by atoms with Crippen LogP contribution >= 0.6 is 11.8 Å². The Kier molecular flexibility index (Phi) is 6.87. The van der Waals surface area contributed by atoms with Gasteiger partial charge in [-0.3, -0.25) is 4.79 Å². The Hall–Kier alpha value is -2.98. The van der Waals surface area contributed by atoms with Gasteiger partial charge in [0.1, 0.15) is 11.8 Å². The van der Waals surface area contributed by atoms with Crippen molar-refractivity contribution in [1.82, 2.24) is 0 Å². The quantitative estimate of drug-likeness (QED) is 0.606. The minimum absolute atomic E-state index is 0.292. The van der Waals surface area contributed by atoms with Crippen LogP contribution < -0.4 is 10.1 Å². The van der Waals surface area contributed by atoms with Crippen LogP contribution in [0.1, 0.15) is 5.56 Å². The van der Waals surface area contributed by atoms with E-state index < -0.39 is 18.5 Å². The smallest absolute Gasteiger partial charge is 0.344 e. The van der Waals surface area contributed by atoms with Crippen molar-refractivity contribution in [3.63, 3.8) is 0 Å². The molecular formula is C18H16N2O4S. The molecule has 0 aromatic heterocycles. The van der Waals surface area contributed by atoms with Crippen molar-refractivity contribution < 1.29 is 19.1 Å². The molecule has 2 rings (SSSR count). The molecule has 2 aromatic carbocycles. The van der Waals surface area contributed by atoms with E-state index in [1.54, 1.807) is 30.3 Å². The SMILES string of the molecule is CSc1ccccc1NC(=O)COC(=O)COc1ccccc1C#N.